The molecule has 0 rings (SSSR count). The lowest BCUT2D eigenvalue weighted by atomic mass is 9.88. The molecule has 1 amide bonds. The summed E-state index contributed by atoms with van der Waals surface area (Å²) in [4.78, 5) is 22.8. The van der Waals surface area contributed by atoms with E-state index >= 15 is 0 Å². The minimum atomic E-state index is -1.09. The first-order valence-corrected chi connectivity index (χ1v) is 5.67. The van der Waals surface area contributed by atoms with E-state index < -0.39 is 23.5 Å². The number of methoxy groups -OCH3 is 3. The number of carbonyl (C=O) groups excluding carboxylic acids is 2. The molecule has 7 heteroatoms. The Morgan fingerprint density at radius 3 is 2.37 bits per heavy atom. The Balaban J connectivity index is 4.74. The SMILES string of the molecule is C=C(C(=O)NCC(=O)OC)C(C)(OC)[C@@H](N)COC. The second kappa shape index (κ2) is 7.88. The zero-order valence-electron chi connectivity index (χ0n) is 11.8. The third kappa shape index (κ3) is 4.62. The highest BCUT2D eigenvalue weighted by Gasteiger charge is 2.38. The molecule has 0 radical (unpaired) electrons. The summed E-state index contributed by atoms with van der Waals surface area (Å²) >= 11 is 0. The van der Waals surface area contributed by atoms with Gasteiger partial charge in [-0.25, -0.2) is 0 Å². The van der Waals surface area contributed by atoms with Crippen LogP contribution in [0.3, 0.4) is 0 Å². The number of hydrogen-bond donors (Lipinski definition) is 2. The molecule has 0 bridgehead atoms. The molecule has 0 aliphatic carbocycles. The number of carbonyl (C=O) groups is 2. The summed E-state index contributed by atoms with van der Waals surface area (Å²) in [5.41, 5.74) is 4.94. The predicted octanol–water partition coefficient (Wildman–Crippen LogP) is -0.789. The van der Waals surface area contributed by atoms with Crippen molar-refractivity contribution in [3.63, 3.8) is 0 Å². The zero-order valence-corrected chi connectivity index (χ0v) is 11.8. The summed E-state index contributed by atoms with van der Waals surface area (Å²) in [5.74, 6) is -1.08. The lowest BCUT2D eigenvalue weighted by molar-refractivity contribution is -0.141. The van der Waals surface area contributed by atoms with Crippen LogP contribution in [0.4, 0.5) is 0 Å². The topological polar surface area (TPSA) is 99.9 Å². The van der Waals surface area contributed by atoms with Crippen molar-refractivity contribution in [2.75, 3.05) is 34.5 Å². The summed E-state index contributed by atoms with van der Waals surface area (Å²) in [5, 5.41) is 2.38. The molecule has 0 saturated carbocycles. The van der Waals surface area contributed by atoms with Gasteiger partial charge in [-0.15, -0.1) is 0 Å². The molecule has 1 unspecified atom stereocenters. The summed E-state index contributed by atoms with van der Waals surface area (Å²) in [6.07, 6.45) is 0. The number of ether oxygens (including phenoxy) is 3. The van der Waals surface area contributed by atoms with Crippen LogP contribution in [0.1, 0.15) is 6.92 Å². The van der Waals surface area contributed by atoms with Gasteiger partial charge in [0.2, 0.25) is 5.91 Å². The largest absolute Gasteiger partial charge is 0.468 e. The fourth-order valence-corrected chi connectivity index (χ4v) is 1.39. The Labute approximate surface area is 113 Å². The summed E-state index contributed by atoms with van der Waals surface area (Å²) in [7, 11) is 4.15. The molecule has 0 aromatic carbocycles. The molecule has 2 atom stereocenters. The number of rotatable bonds is 8. The first-order valence-electron chi connectivity index (χ1n) is 5.67. The second-order valence-electron chi connectivity index (χ2n) is 4.11. The molecule has 19 heavy (non-hydrogen) atoms. The molecule has 0 aromatic rings. The van der Waals surface area contributed by atoms with Crippen LogP contribution in [-0.4, -0.2) is 58.0 Å². The van der Waals surface area contributed by atoms with Crippen molar-refractivity contribution in [3.05, 3.63) is 12.2 Å². The standard InChI is InChI=1S/C12H22N2O5/c1-8(11(16)14-6-10(15)18-4)12(2,19-5)9(13)7-17-3/h9H,1,6-7,13H2,2-5H3,(H,14,16)/t9-,12?/m0/s1. The van der Waals surface area contributed by atoms with Gasteiger partial charge in [-0.1, -0.05) is 6.58 Å². The number of esters is 1. The van der Waals surface area contributed by atoms with Gasteiger partial charge >= 0.3 is 5.97 Å². The minimum absolute atomic E-state index is 0.114. The van der Waals surface area contributed by atoms with Crippen molar-refractivity contribution in [1.29, 1.82) is 0 Å². The van der Waals surface area contributed by atoms with Gasteiger partial charge in [0, 0.05) is 19.8 Å². The zero-order chi connectivity index (χ0) is 15.1. The molecule has 110 valence electrons. The van der Waals surface area contributed by atoms with Crippen LogP contribution >= 0.6 is 0 Å². The Kier molecular flexibility index (Phi) is 7.28. The maximum atomic E-state index is 11.9. The molecular formula is C12H22N2O5. The van der Waals surface area contributed by atoms with E-state index in [0.29, 0.717) is 0 Å². The fraction of sp³-hybridized carbons (Fsp3) is 0.667. The number of hydrogen-bond acceptors (Lipinski definition) is 6. The van der Waals surface area contributed by atoms with Gasteiger partial charge in [0.25, 0.3) is 0 Å². The van der Waals surface area contributed by atoms with Crippen LogP contribution in [0, 0.1) is 0 Å². The third-order valence-corrected chi connectivity index (χ3v) is 2.97. The van der Waals surface area contributed by atoms with Crippen molar-refractivity contribution >= 4 is 11.9 Å². The predicted molar refractivity (Wildman–Crippen MR) is 69.4 cm³/mol. The molecule has 0 spiro atoms. The third-order valence-electron chi connectivity index (χ3n) is 2.97. The van der Waals surface area contributed by atoms with Gasteiger partial charge in [0.1, 0.15) is 12.1 Å². The maximum absolute atomic E-state index is 11.9. The van der Waals surface area contributed by atoms with Crippen LogP contribution in [0.15, 0.2) is 12.2 Å². The highest BCUT2D eigenvalue weighted by Crippen LogP contribution is 2.23. The van der Waals surface area contributed by atoms with Gasteiger partial charge in [-0.05, 0) is 6.92 Å². The summed E-state index contributed by atoms with van der Waals surface area (Å²) in [6, 6.07) is -0.570. The average molecular weight is 274 g/mol. The molecule has 0 saturated heterocycles. The van der Waals surface area contributed by atoms with E-state index in [4.69, 9.17) is 15.2 Å². The Hall–Kier alpha value is -1.44. The van der Waals surface area contributed by atoms with Gasteiger partial charge in [0.05, 0.1) is 19.8 Å². The van der Waals surface area contributed by atoms with Crippen LogP contribution in [-0.2, 0) is 23.8 Å². The van der Waals surface area contributed by atoms with E-state index in [0.717, 1.165) is 0 Å². The van der Waals surface area contributed by atoms with E-state index in [9.17, 15) is 9.59 Å². The first kappa shape index (κ1) is 17.6. The highest BCUT2D eigenvalue weighted by atomic mass is 16.5. The van der Waals surface area contributed by atoms with Crippen molar-refractivity contribution in [3.8, 4) is 0 Å². The summed E-state index contributed by atoms with van der Waals surface area (Å²) < 4.78 is 14.7. The number of nitrogens with one attached hydrogen (secondary N) is 1. The van der Waals surface area contributed by atoms with Crippen molar-refractivity contribution in [1.82, 2.24) is 5.32 Å². The van der Waals surface area contributed by atoms with Crippen molar-refractivity contribution < 1.29 is 23.8 Å². The maximum Gasteiger partial charge on any atom is 0.325 e. The van der Waals surface area contributed by atoms with Crippen molar-refractivity contribution in [2.45, 2.75) is 18.6 Å². The second-order valence-corrected chi connectivity index (χ2v) is 4.11. The fourth-order valence-electron chi connectivity index (χ4n) is 1.39. The van der Waals surface area contributed by atoms with Gasteiger partial charge in [0.15, 0.2) is 0 Å². The van der Waals surface area contributed by atoms with E-state index in [1.807, 2.05) is 0 Å². The molecule has 7 nitrogen and oxygen atoms in total. The van der Waals surface area contributed by atoms with E-state index in [1.165, 1.54) is 21.3 Å². The molecule has 3 N–H and O–H groups in total. The van der Waals surface area contributed by atoms with Gasteiger partial charge in [-0.3, -0.25) is 9.59 Å². The number of nitrogens with two attached hydrogens (primary N) is 1. The van der Waals surface area contributed by atoms with Crippen LogP contribution in [0.25, 0.3) is 0 Å². The van der Waals surface area contributed by atoms with Crippen LogP contribution in [0.5, 0.6) is 0 Å². The Bertz CT molecular complexity index is 345. The van der Waals surface area contributed by atoms with Crippen molar-refractivity contribution in [2.24, 2.45) is 5.73 Å². The monoisotopic (exact) mass is 274 g/mol. The molecule has 0 heterocycles. The smallest absolute Gasteiger partial charge is 0.325 e. The molecule has 0 aromatic heterocycles. The molecule has 0 fully saturated rings. The first-order chi connectivity index (χ1) is 8.83. The quantitative estimate of drug-likeness (QED) is 0.444. The molecule has 0 aliphatic rings. The van der Waals surface area contributed by atoms with E-state index in [-0.39, 0.29) is 18.7 Å². The lowest BCUT2D eigenvalue weighted by Gasteiger charge is -2.34. The lowest BCUT2D eigenvalue weighted by Crippen LogP contribution is -2.54. The van der Waals surface area contributed by atoms with Crippen LogP contribution in [0.2, 0.25) is 0 Å². The normalized spacial score (nSPS) is 15.2. The minimum Gasteiger partial charge on any atom is -0.468 e. The highest BCUT2D eigenvalue weighted by molar-refractivity contribution is 5.96. The molecular weight excluding hydrogens is 252 g/mol. The van der Waals surface area contributed by atoms with Gasteiger partial charge < -0.3 is 25.3 Å². The summed E-state index contributed by atoms with van der Waals surface area (Å²) in [6.45, 7) is 5.28. The number of amides is 1. The van der Waals surface area contributed by atoms with Gasteiger partial charge in [-0.2, -0.15) is 0 Å². The average Bonchev–Trinajstić information content (AvgIpc) is 2.42. The van der Waals surface area contributed by atoms with E-state index in [1.54, 1.807) is 6.92 Å². The van der Waals surface area contributed by atoms with E-state index in [2.05, 4.69) is 16.6 Å². The van der Waals surface area contributed by atoms with Crippen LogP contribution < -0.4 is 11.1 Å². The Morgan fingerprint density at radius 2 is 1.95 bits per heavy atom. The molecule has 0 aliphatic heterocycles. The Morgan fingerprint density at radius 1 is 1.37 bits per heavy atom.